The highest BCUT2D eigenvalue weighted by atomic mass is 19.4. The zero-order valence-corrected chi connectivity index (χ0v) is 18.8. The van der Waals surface area contributed by atoms with Gasteiger partial charge in [-0.3, -0.25) is 4.68 Å². The molecule has 0 saturated carbocycles. The SMILES string of the molecule is CC(NC(=O)N1CCC2(CCn3nc(-c4cnc(N)c(C(F)(F)F)c4)cc32)C1)c1nccn1C. The summed E-state index contributed by atoms with van der Waals surface area (Å²) in [4.78, 5) is 22.7. The third-order valence-corrected chi connectivity index (χ3v) is 6.87. The first-order chi connectivity index (χ1) is 16.1. The number of pyridine rings is 1. The van der Waals surface area contributed by atoms with Gasteiger partial charge in [0.05, 0.1) is 17.3 Å². The van der Waals surface area contributed by atoms with Crippen LogP contribution in [0.4, 0.5) is 23.8 Å². The molecule has 5 heterocycles. The number of hydrogen-bond acceptors (Lipinski definition) is 5. The number of carbonyl (C=O) groups is 1. The monoisotopic (exact) mass is 474 g/mol. The summed E-state index contributed by atoms with van der Waals surface area (Å²) in [6, 6.07) is 2.40. The van der Waals surface area contributed by atoms with Gasteiger partial charge in [-0.2, -0.15) is 18.3 Å². The second kappa shape index (κ2) is 7.74. The zero-order valence-electron chi connectivity index (χ0n) is 18.8. The molecule has 3 N–H and O–H groups in total. The largest absolute Gasteiger partial charge is 0.419 e. The average Bonchev–Trinajstić information content (AvgIpc) is 3.54. The van der Waals surface area contributed by atoms with Crippen molar-refractivity contribution in [3.8, 4) is 11.3 Å². The number of carbonyl (C=O) groups excluding carboxylic acids is 1. The minimum absolute atomic E-state index is 0.164. The van der Waals surface area contributed by atoms with Gasteiger partial charge in [-0.1, -0.05) is 0 Å². The minimum Gasteiger partial charge on any atom is -0.383 e. The van der Waals surface area contributed by atoms with E-state index in [0.717, 1.165) is 30.4 Å². The number of nitrogens with two attached hydrogens (primary N) is 1. The van der Waals surface area contributed by atoms with Crippen LogP contribution in [-0.4, -0.2) is 48.3 Å². The molecule has 2 aliphatic rings. The van der Waals surface area contributed by atoms with Crippen molar-refractivity contribution < 1.29 is 18.0 Å². The predicted octanol–water partition coefficient (Wildman–Crippen LogP) is 3.10. The van der Waals surface area contributed by atoms with Crippen LogP contribution in [0.1, 0.15) is 42.9 Å². The Morgan fingerprint density at radius 1 is 1.24 bits per heavy atom. The molecule has 1 saturated heterocycles. The van der Waals surface area contributed by atoms with E-state index in [2.05, 4.69) is 20.4 Å². The van der Waals surface area contributed by atoms with Gasteiger partial charge < -0.3 is 20.5 Å². The second-order valence-corrected chi connectivity index (χ2v) is 9.06. The summed E-state index contributed by atoms with van der Waals surface area (Å²) in [6.45, 7) is 3.63. The van der Waals surface area contributed by atoms with Crippen molar-refractivity contribution >= 4 is 11.8 Å². The van der Waals surface area contributed by atoms with Gasteiger partial charge in [0.2, 0.25) is 0 Å². The lowest BCUT2D eigenvalue weighted by Crippen LogP contribution is -2.41. The van der Waals surface area contributed by atoms with Gasteiger partial charge >= 0.3 is 12.2 Å². The van der Waals surface area contributed by atoms with Gasteiger partial charge in [0.25, 0.3) is 0 Å². The Labute approximate surface area is 193 Å². The average molecular weight is 474 g/mol. The van der Waals surface area contributed by atoms with Gasteiger partial charge in [0, 0.05) is 61.9 Å². The number of fused-ring (bicyclic) bond motifs is 2. The Hall–Kier alpha value is -3.57. The molecule has 0 aliphatic carbocycles. The Morgan fingerprint density at radius 2 is 2.00 bits per heavy atom. The normalized spacial score (nSPS) is 20.7. The Kier molecular flexibility index (Phi) is 5.06. The van der Waals surface area contributed by atoms with Crippen molar-refractivity contribution in [2.45, 2.75) is 43.9 Å². The van der Waals surface area contributed by atoms with E-state index in [1.165, 1.54) is 6.20 Å². The van der Waals surface area contributed by atoms with Crippen LogP contribution in [0, 0.1) is 0 Å². The molecule has 0 radical (unpaired) electrons. The number of aromatic nitrogens is 5. The first-order valence-corrected chi connectivity index (χ1v) is 11.0. The van der Waals surface area contributed by atoms with Gasteiger partial charge in [-0.05, 0) is 31.9 Å². The maximum Gasteiger partial charge on any atom is 0.419 e. The molecule has 2 atom stereocenters. The molecule has 34 heavy (non-hydrogen) atoms. The maximum atomic E-state index is 13.3. The molecule has 1 spiro atoms. The van der Waals surface area contributed by atoms with Crippen molar-refractivity contribution in [3.05, 3.63) is 47.8 Å². The number of urea groups is 1. The summed E-state index contributed by atoms with van der Waals surface area (Å²) < 4.78 is 43.5. The van der Waals surface area contributed by atoms with Crippen molar-refractivity contribution in [2.75, 3.05) is 18.8 Å². The molecule has 5 rings (SSSR count). The Balaban J connectivity index is 1.35. The number of halogens is 3. The van der Waals surface area contributed by atoms with Crippen molar-refractivity contribution in [2.24, 2.45) is 7.05 Å². The third-order valence-electron chi connectivity index (χ3n) is 6.87. The first kappa shape index (κ1) is 22.2. The number of nitrogens with zero attached hydrogens (tertiary/aromatic N) is 6. The van der Waals surface area contributed by atoms with Crippen LogP contribution in [0.5, 0.6) is 0 Å². The van der Waals surface area contributed by atoms with Crippen LogP contribution in [0.25, 0.3) is 11.3 Å². The fraction of sp³-hybridized carbons (Fsp3) is 0.455. The lowest BCUT2D eigenvalue weighted by atomic mass is 9.82. The van der Waals surface area contributed by atoms with Crippen LogP contribution < -0.4 is 11.1 Å². The molecule has 2 amide bonds. The lowest BCUT2D eigenvalue weighted by Gasteiger charge is -2.24. The molecule has 3 aromatic rings. The number of amides is 2. The molecule has 0 aromatic carbocycles. The fourth-order valence-corrected chi connectivity index (χ4v) is 5.04. The number of nitrogens with one attached hydrogen (secondary N) is 1. The van der Waals surface area contributed by atoms with Crippen LogP contribution in [0.2, 0.25) is 0 Å². The quantitative estimate of drug-likeness (QED) is 0.607. The van der Waals surface area contributed by atoms with Crippen LogP contribution in [0.15, 0.2) is 30.7 Å². The molecule has 0 bridgehead atoms. The van der Waals surface area contributed by atoms with Crippen LogP contribution >= 0.6 is 0 Å². The van der Waals surface area contributed by atoms with E-state index in [4.69, 9.17) is 5.73 Å². The van der Waals surface area contributed by atoms with Crippen molar-refractivity contribution in [3.63, 3.8) is 0 Å². The summed E-state index contributed by atoms with van der Waals surface area (Å²) in [6.07, 6.45) is 1.81. The number of rotatable bonds is 3. The highest BCUT2D eigenvalue weighted by Crippen LogP contribution is 2.44. The minimum atomic E-state index is -4.60. The number of aryl methyl sites for hydroxylation is 2. The summed E-state index contributed by atoms with van der Waals surface area (Å²) >= 11 is 0. The number of likely N-dealkylation sites (tertiary alicyclic amines) is 1. The number of imidazole rings is 1. The van der Waals surface area contributed by atoms with Crippen molar-refractivity contribution in [1.29, 1.82) is 0 Å². The first-order valence-electron chi connectivity index (χ1n) is 11.0. The van der Waals surface area contributed by atoms with Gasteiger partial charge in [0.15, 0.2) is 0 Å². The van der Waals surface area contributed by atoms with Gasteiger partial charge in [-0.25, -0.2) is 14.8 Å². The Bertz CT molecular complexity index is 1250. The van der Waals surface area contributed by atoms with E-state index in [-0.39, 0.29) is 23.1 Å². The van der Waals surface area contributed by atoms with E-state index >= 15 is 0 Å². The summed E-state index contributed by atoms with van der Waals surface area (Å²) in [5.74, 6) is 0.206. The number of anilines is 1. The third kappa shape index (κ3) is 3.66. The predicted molar refractivity (Wildman–Crippen MR) is 118 cm³/mol. The van der Waals surface area contributed by atoms with Gasteiger partial charge in [0.1, 0.15) is 11.6 Å². The molecule has 12 heteroatoms. The van der Waals surface area contributed by atoms with E-state index < -0.39 is 17.6 Å². The second-order valence-electron chi connectivity index (χ2n) is 9.06. The zero-order chi connectivity index (χ0) is 24.3. The molecule has 3 aromatic heterocycles. The van der Waals surface area contributed by atoms with E-state index in [1.54, 1.807) is 11.1 Å². The molecule has 9 nitrogen and oxygen atoms in total. The van der Waals surface area contributed by atoms with E-state index in [1.807, 2.05) is 35.5 Å². The summed E-state index contributed by atoms with van der Waals surface area (Å²) in [5.41, 5.74) is 5.79. The van der Waals surface area contributed by atoms with E-state index in [0.29, 0.717) is 25.3 Å². The van der Waals surface area contributed by atoms with Gasteiger partial charge in [-0.15, -0.1) is 0 Å². The lowest BCUT2D eigenvalue weighted by molar-refractivity contribution is -0.137. The van der Waals surface area contributed by atoms with Crippen LogP contribution in [0.3, 0.4) is 0 Å². The topological polar surface area (TPSA) is 107 Å². The summed E-state index contributed by atoms with van der Waals surface area (Å²) in [7, 11) is 1.88. The van der Waals surface area contributed by atoms with Crippen LogP contribution in [-0.2, 0) is 25.2 Å². The van der Waals surface area contributed by atoms with E-state index in [9.17, 15) is 18.0 Å². The molecular weight excluding hydrogens is 449 g/mol. The van der Waals surface area contributed by atoms with Crippen molar-refractivity contribution in [1.82, 2.24) is 34.5 Å². The number of nitrogen functional groups attached to an aromatic ring is 1. The smallest absolute Gasteiger partial charge is 0.383 e. The standard InChI is InChI=1S/C22H25F3N8O/c1-13(19-27-5-8-31(19)2)29-20(34)32-6-3-21(12-32)4-7-33-17(21)10-16(30-33)14-9-15(22(23,24)25)18(26)28-11-14/h5,8-11,13H,3-4,6-7,12H2,1-2H3,(H2,26,28)(H,29,34). The fourth-order valence-electron chi connectivity index (χ4n) is 5.04. The molecule has 180 valence electrons. The molecule has 2 aliphatic heterocycles. The maximum absolute atomic E-state index is 13.3. The highest BCUT2D eigenvalue weighted by molar-refractivity contribution is 5.75. The highest BCUT2D eigenvalue weighted by Gasteiger charge is 2.47. The number of hydrogen-bond donors (Lipinski definition) is 2. The number of alkyl halides is 3. The molecular formula is C22H25F3N8O. The molecule has 1 fully saturated rings. The summed E-state index contributed by atoms with van der Waals surface area (Å²) in [5, 5.41) is 7.54. The molecule has 2 unspecified atom stereocenters. The Morgan fingerprint density at radius 3 is 2.71 bits per heavy atom.